The topological polar surface area (TPSA) is 36.9 Å². The zero-order valence-electron chi connectivity index (χ0n) is 8.73. The summed E-state index contributed by atoms with van der Waals surface area (Å²) in [6.07, 6.45) is 0. The molecule has 0 radical (unpaired) electrons. The van der Waals surface area contributed by atoms with Gasteiger partial charge in [-0.2, -0.15) is 0 Å². The van der Waals surface area contributed by atoms with Gasteiger partial charge in [-0.3, -0.25) is 0 Å². The Labute approximate surface area is 89.3 Å². The molecule has 2 nitrogen and oxygen atoms in total. The Bertz CT molecular complexity index is 466. The molecule has 0 saturated carbocycles. The van der Waals surface area contributed by atoms with Crippen LogP contribution in [-0.4, -0.2) is 7.11 Å². The summed E-state index contributed by atoms with van der Waals surface area (Å²) in [5.74, 6) is 0.877. The van der Waals surface area contributed by atoms with Crippen molar-refractivity contribution in [1.29, 1.82) is 0 Å². The van der Waals surface area contributed by atoms with Crippen molar-refractivity contribution >= 4 is 5.69 Å². The summed E-state index contributed by atoms with van der Waals surface area (Å²) in [5, 5.41) is 0. The number of rotatable bonds is 2. The summed E-state index contributed by atoms with van der Waals surface area (Å²) < 4.78 is 5.19. The fourth-order valence-electron chi connectivity index (χ4n) is 1.55. The molecule has 0 aromatic heterocycles. The standard InChI is InChI=1S/C13H13NO/c1-15-13-7-3-5-11(9-13)10-4-2-6-12(14)8-10/h2-9H,14H2,1H3/p+1. The second-order valence-electron chi connectivity index (χ2n) is 3.43. The first-order valence-electron chi connectivity index (χ1n) is 4.86. The third-order valence-corrected chi connectivity index (χ3v) is 2.33. The van der Waals surface area contributed by atoms with Crippen LogP contribution in [0.25, 0.3) is 11.1 Å². The molecule has 0 fully saturated rings. The van der Waals surface area contributed by atoms with Crippen LogP contribution < -0.4 is 10.5 Å². The van der Waals surface area contributed by atoms with Crippen molar-refractivity contribution in [2.24, 2.45) is 0 Å². The van der Waals surface area contributed by atoms with E-state index in [0.717, 1.165) is 17.0 Å². The molecule has 0 spiro atoms. The lowest BCUT2D eigenvalue weighted by Gasteiger charge is -2.04. The lowest BCUT2D eigenvalue weighted by Crippen LogP contribution is -2.39. The average molecular weight is 200 g/mol. The lowest BCUT2D eigenvalue weighted by molar-refractivity contribution is -0.254. The predicted molar refractivity (Wildman–Crippen MR) is 61.0 cm³/mol. The average Bonchev–Trinajstić information content (AvgIpc) is 2.29. The van der Waals surface area contributed by atoms with Crippen LogP contribution in [0.3, 0.4) is 0 Å². The van der Waals surface area contributed by atoms with Gasteiger partial charge >= 0.3 is 0 Å². The van der Waals surface area contributed by atoms with Crippen LogP contribution in [0.1, 0.15) is 0 Å². The molecule has 15 heavy (non-hydrogen) atoms. The first kappa shape index (κ1) is 9.74. The van der Waals surface area contributed by atoms with Crippen molar-refractivity contribution in [3.63, 3.8) is 0 Å². The van der Waals surface area contributed by atoms with Crippen molar-refractivity contribution in [1.82, 2.24) is 0 Å². The zero-order valence-corrected chi connectivity index (χ0v) is 8.73. The zero-order chi connectivity index (χ0) is 10.7. The van der Waals surface area contributed by atoms with Gasteiger partial charge in [-0.1, -0.05) is 24.3 Å². The van der Waals surface area contributed by atoms with E-state index in [1.54, 1.807) is 7.11 Å². The molecule has 76 valence electrons. The van der Waals surface area contributed by atoms with E-state index in [2.05, 4.69) is 23.9 Å². The highest BCUT2D eigenvalue weighted by Crippen LogP contribution is 2.24. The first-order chi connectivity index (χ1) is 7.29. The number of quaternary nitrogens is 1. The van der Waals surface area contributed by atoms with Gasteiger partial charge in [0.05, 0.1) is 7.11 Å². The van der Waals surface area contributed by atoms with Gasteiger partial charge in [0.1, 0.15) is 11.4 Å². The molecular formula is C13H14NO+. The summed E-state index contributed by atoms with van der Waals surface area (Å²) in [7, 11) is 1.68. The van der Waals surface area contributed by atoms with Gasteiger partial charge in [-0.25, -0.2) is 0 Å². The maximum absolute atomic E-state index is 5.19. The van der Waals surface area contributed by atoms with E-state index in [1.165, 1.54) is 5.56 Å². The maximum Gasteiger partial charge on any atom is 0.128 e. The number of ether oxygens (including phenoxy) is 1. The Kier molecular flexibility index (Phi) is 2.70. The van der Waals surface area contributed by atoms with E-state index in [1.807, 2.05) is 30.3 Å². The van der Waals surface area contributed by atoms with Gasteiger partial charge in [0.15, 0.2) is 0 Å². The molecule has 2 rings (SSSR count). The summed E-state index contributed by atoms with van der Waals surface area (Å²) in [6, 6.07) is 16.2. The van der Waals surface area contributed by atoms with Gasteiger partial charge in [0.25, 0.3) is 0 Å². The fraction of sp³-hybridized carbons (Fsp3) is 0.0769. The van der Waals surface area contributed by atoms with Gasteiger partial charge in [0.2, 0.25) is 0 Å². The van der Waals surface area contributed by atoms with Gasteiger partial charge in [0, 0.05) is 6.07 Å². The minimum Gasteiger partial charge on any atom is -0.497 e. The van der Waals surface area contributed by atoms with E-state index in [9.17, 15) is 0 Å². The van der Waals surface area contributed by atoms with Crippen LogP contribution in [0.2, 0.25) is 0 Å². The molecule has 0 aliphatic heterocycles. The van der Waals surface area contributed by atoms with E-state index in [0.29, 0.717) is 0 Å². The van der Waals surface area contributed by atoms with Crippen molar-refractivity contribution in [3.8, 4) is 16.9 Å². The second-order valence-corrected chi connectivity index (χ2v) is 3.43. The molecule has 3 N–H and O–H groups in total. The monoisotopic (exact) mass is 200 g/mol. The Balaban J connectivity index is 2.44. The van der Waals surface area contributed by atoms with Crippen LogP contribution in [0, 0.1) is 0 Å². The minimum absolute atomic E-state index is 0.877. The SMILES string of the molecule is COc1cccc(-c2cccc([NH3+])c2)c1. The van der Waals surface area contributed by atoms with Crippen LogP contribution in [0.5, 0.6) is 5.75 Å². The molecule has 0 amide bonds. The highest BCUT2D eigenvalue weighted by atomic mass is 16.5. The Morgan fingerprint density at radius 3 is 2.27 bits per heavy atom. The van der Waals surface area contributed by atoms with Crippen molar-refractivity contribution in [2.45, 2.75) is 0 Å². The first-order valence-corrected chi connectivity index (χ1v) is 4.86. The summed E-state index contributed by atoms with van der Waals surface area (Å²) in [4.78, 5) is 0. The quantitative estimate of drug-likeness (QED) is 0.793. The van der Waals surface area contributed by atoms with Crippen molar-refractivity contribution < 1.29 is 10.5 Å². The minimum atomic E-state index is 0.877. The number of hydrogen-bond donors (Lipinski definition) is 1. The van der Waals surface area contributed by atoms with E-state index >= 15 is 0 Å². The smallest absolute Gasteiger partial charge is 0.128 e. The van der Waals surface area contributed by atoms with Gasteiger partial charge < -0.3 is 10.5 Å². The third-order valence-electron chi connectivity index (χ3n) is 2.33. The highest BCUT2D eigenvalue weighted by molar-refractivity contribution is 5.67. The largest absolute Gasteiger partial charge is 0.497 e. The molecule has 0 aliphatic rings. The maximum atomic E-state index is 5.19. The van der Waals surface area contributed by atoms with Crippen LogP contribution >= 0.6 is 0 Å². The molecule has 2 heteroatoms. The molecule has 0 atom stereocenters. The molecule has 2 aromatic carbocycles. The van der Waals surface area contributed by atoms with Gasteiger partial charge in [-0.05, 0) is 29.3 Å². The van der Waals surface area contributed by atoms with Crippen molar-refractivity contribution in [3.05, 3.63) is 48.5 Å². The molecule has 0 bridgehead atoms. The van der Waals surface area contributed by atoms with Crippen LogP contribution in [-0.2, 0) is 0 Å². The molecular weight excluding hydrogens is 186 g/mol. The summed E-state index contributed by atoms with van der Waals surface area (Å²) in [5.41, 5.74) is 7.26. The Morgan fingerprint density at radius 1 is 0.933 bits per heavy atom. The molecule has 0 heterocycles. The van der Waals surface area contributed by atoms with E-state index < -0.39 is 0 Å². The normalized spacial score (nSPS) is 10.0. The number of methoxy groups -OCH3 is 1. The van der Waals surface area contributed by atoms with E-state index in [-0.39, 0.29) is 0 Å². The second kappa shape index (κ2) is 4.15. The summed E-state index contributed by atoms with van der Waals surface area (Å²) in [6.45, 7) is 0. The van der Waals surface area contributed by atoms with Gasteiger partial charge in [-0.15, -0.1) is 0 Å². The highest BCUT2D eigenvalue weighted by Gasteiger charge is 2.00. The number of benzene rings is 2. The molecule has 0 aliphatic carbocycles. The molecule has 0 saturated heterocycles. The Hall–Kier alpha value is -1.80. The molecule has 0 unspecified atom stereocenters. The number of hydrogen-bond acceptors (Lipinski definition) is 1. The molecule has 2 aromatic rings. The van der Waals surface area contributed by atoms with Crippen molar-refractivity contribution in [2.75, 3.05) is 7.11 Å². The Morgan fingerprint density at radius 2 is 1.60 bits per heavy atom. The van der Waals surface area contributed by atoms with Crippen LogP contribution in [0.15, 0.2) is 48.5 Å². The summed E-state index contributed by atoms with van der Waals surface area (Å²) >= 11 is 0. The fourth-order valence-corrected chi connectivity index (χ4v) is 1.55. The van der Waals surface area contributed by atoms with Crippen LogP contribution in [0.4, 0.5) is 5.69 Å². The third kappa shape index (κ3) is 2.17. The van der Waals surface area contributed by atoms with E-state index in [4.69, 9.17) is 4.74 Å². The lowest BCUT2D eigenvalue weighted by atomic mass is 10.1. The predicted octanol–water partition coefficient (Wildman–Crippen LogP) is 2.24.